The number of carbonyl (C=O) groups excluding carboxylic acids is 3. The van der Waals surface area contributed by atoms with Crippen LogP contribution < -0.4 is 0 Å². The van der Waals surface area contributed by atoms with Gasteiger partial charge in [-0.25, -0.2) is 4.79 Å². The summed E-state index contributed by atoms with van der Waals surface area (Å²) in [5.41, 5.74) is 6.29. The van der Waals surface area contributed by atoms with Gasteiger partial charge in [-0.1, -0.05) is 5.11 Å². The molecule has 4 aliphatic carbocycles. The molecular formula is C19H27N3O5. The van der Waals surface area contributed by atoms with E-state index in [4.69, 9.17) is 10.3 Å². The minimum atomic E-state index is -1.62. The predicted octanol–water partition coefficient (Wildman–Crippen LogP) is 3.34. The molecule has 4 saturated carbocycles. The zero-order chi connectivity index (χ0) is 19.7. The average molecular weight is 377 g/mol. The summed E-state index contributed by atoms with van der Waals surface area (Å²) < 4.78 is 10.6. The molecule has 0 spiro atoms. The van der Waals surface area contributed by atoms with Gasteiger partial charge in [-0.05, 0) is 81.6 Å². The number of hydrogen-bond donors (Lipinski definition) is 0. The number of Topliss-reactive ketones (excluding diaryl/α,β-unsaturated/α-hetero) is 1. The second-order valence-electron chi connectivity index (χ2n) is 8.70. The maximum atomic E-state index is 13.1. The summed E-state index contributed by atoms with van der Waals surface area (Å²) in [5.74, 6) is -0.824. The molecule has 4 bridgehead atoms. The zero-order valence-corrected chi connectivity index (χ0v) is 16.0. The van der Waals surface area contributed by atoms with E-state index in [0.717, 1.165) is 26.4 Å². The van der Waals surface area contributed by atoms with Gasteiger partial charge in [-0.15, -0.1) is 0 Å². The number of azide groups is 1. The molecule has 0 aromatic rings. The van der Waals surface area contributed by atoms with Crippen molar-refractivity contribution in [3.63, 3.8) is 0 Å². The summed E-state index contributed by atoms with van der Waals surface area (Å²) in [6.45, 7) is 1.58. The van der Waals surface area contributed by atoms with Gasteiger partial charge in [0.05, 0.1) is 7.11 Å². The average Bonchev–Trinajstić information content (AvgIpc) is 2.62. The smallest absolute Gasteiger partial charge is 0.375 e. The molecule has 4 rings (SSSR count). The fraction of sp³-hybridized carbons (Fsp3) is 0.842. The highest BCUT2D eigenvalue weighted by Gasteiger charge is 2.56. The standard InChI is InChI=1S/C19H27N3O5/c1-18(4-3-5-21-22-20,15(23)16(24)26-2)17(25)27-19-9-12-6-13(10-19)8-14(7-12)11-19/h12-14H,3-11H2,1-2H3/t12?,13?,14?,18-,19?/m0/s1. The highest BCUT2D eigenvalue weighted by atomic mass is 16.6. The van der Waals surface area contributed by atoms with Gasteiger partial charge in [-0.2, -0.15) is 0 Å². The quantitative estimate of drug-likeness (QED) is 0.122. The zero-order valence-electron chi connectivity index (χ0n) is 16.0. The highest BCUT2D eigenvalue weighted by molar-refractivity contribution is 6.39. The van der Waals surface area contributed by atoms with Crippen LogP contribution in [0.5, 0.6) is 0 Å². The Morgan fingerprint density at radius 1 is 1.15 bits per heavy atom. The summed E-state index contributed by atoms with van der Waals surface area (Å²) in [6.07, 6.45) is 6.57. The van der Waals surface area contributed by atoms with Crippen LogP contribution in [0.3, 0.4) is 0 Å². The van der Waals surface area contributed by atoms with Crippen molar-refractivity contribution in [2.75, 3.05) is 13.7 Å². The molecule has 148 valence electrons. The van der Waals surface area contributed by atoms with E-state index in [1.807, 2.05) is 0 Å². The Kier molecular flexibility index (Phi) is 5.47. The first-order chi connectivity index (χ1) is 12.8. The van der Waals surface area contributed by atoms with Crippen LogP contribution >= 0.6 is 0 Å². The molecule has 27 heavy (non-hydrogen) atoms. The van der Waals surface area contributed by atoms with Gasteiger partial charge >= 0.3 is 11.9 Å². The number of carbonyl (C=O) groups is 3. The number of rotatable bonds is 8. The Bertz CT molecular complexity index is 650. The fourth-order valence-corrected chi connectivity index (χ4v) is 5.64. The van der Waals surface area contributed by atoms with Crippen LogP contribution in [0.4, 0.5) is 0 Å². The monoisotopic (exact) mass is 377 g/mol. The van der Waals surface area contributed by atoms with Gasteiger partial charge < -0.3 is 9.47 Å². The van der Waals surface area contributed by atoms with Crippen molar-refractivity contribution < 1.29 is 23.9 Å². The molecule has 0 unspecified atom stereocenters. The minimum absolute atomic E-state index is 0.0746. The number of esters is 2. The number of nitrogens with zero attached hydrogens (tertiary/aromatic N) is 3. The minimum Gasteiger partial charge on any atom is -0.463 e. The van der Waals surface area contributed by atoms with Gasteiger partial charge in [-0.3, -0.25) is 9.59 Å². The van der Waals surface area contributed by atoms with Gasteiger partial charge in [0.2, 0.25) is 0 Å². The SMILES string of the molecule is COC(=O)C(=O)[C@](C)(CCCN=[N+]=[N-])C(=O)OC12CC3CC(CC(C3)C1)C2. The second-order valence-corrected chi connectivity index (χ2v) is 8.70. The normalized spacial score (nSPS) is 32.9. The van der Waals surface area contributed by atoms with Gasteiger partial charge in [0.15, 0.2) is 0 Å². The molecule has 4 fully saturated rings. The third kappa shape index (κ3) is 3.81. The lowest BCUT2D eigenvalue weighted by molar-refractivity contribution is -0.198. The maximum absolute atomic E-state index is 13.1. The van der Waals surface area contributed by atoms with Crippen molar-refractivity contribution in [2.45, 2.75) is 63.9 Å². The Labute approximate surface area is 158 Å². The summed E-state index contributed by atoms with van der Waals surface area (Å²) >= 11 is 0. The van der Waals surface area contributed by atoms with Crippen LogP contribution in [0.15, 0.2) is 5.11 Å². The van der Waals surface area contributed by atoms with E-state index in [0.29, 0.717) is 24.2 Å². The molecule has 0 heterocycles. The van der Waals surface area contributed by atoms with Gasteiger partial charge in [0.25, 0.3) is 5.78 Å². The molecule has 0 aromatic heterocycles. The third-order valence-corrected chi connectivity index (χ3v) is 6.61. The number of ketones is 1. The van der Waals surface area contributed by atoms with Crippen LogP contribution in [-0.2, 0) is 23.9 Å². The molecule has 4 aliphatic rings. The molecule has 0 aromatic carbocycles. The molecule has 0 aliphatic heterocycles. The maximum Gasteiger partial charge on any atom is 0.375 e. The van der Waals surface area contributed by atoms with Gasteiger partial charge in [0.1, 0.15) is 11.0 Å². The predicted molar refractivity (Wildman–Crippen MR) is 95.4 cm³/mol. The van der Waals surface area contributed by atoms with E-state index in [2.05, 4.69) is 14.8 Å². The first kappa shape index (κ1) is 19.7. The largest absolute Gasteiger partial charge is 0.463 e. The van der Waals surface area contributed by atoms with Gasteiger partial charge in [0, 0.05) is 11.5 Å². The molecule has 0 amide bonds. The van der Waals surface area contributed by atoms with Crippen molar-refractivity contribution in [3.8, 4) is 0 Å². The third-order valence-electron chi connectivity index (χ3n) is 6.61. The van der Waals surface area contributed by atoms with E-state index in [-0.39, 0.29) is 13.0 Å². The molecule has 0 N–H and O–H groups in total. The summed E-state index contributed by atoms with van der Waals surface area (Å²) in [5, 5.41) is 3.44. The lowest BCUT2D eigenvalue weighted by Gasteiger charge is -2.56. The molecule has 8 nitrogen and oxygen atoms in total. The Morgan fingerprint density at radius 3 is 2.19 bits per heavy atom. The highest BCUT2D eigenvalue weighted by Crippen LogP contribution is 2.57. The van der Waals surface area contributed by atoms with Crippen molar-refractivity contribution in [2.24, 2.45) is 28.3 Å². The second kappa shape index (κ2) is 7.50. The van der Waals surface area contributed by atoms with E-state index in [9.17, 15) is 14.4 Å². The van der Waals surface area contributed by atoms with E-state index < -0.39 is 28.7 Å². The lowest BCUT2D eigenvalue weighted by atomic mass is 9.54. The Hall–Kier alpha value is -2.08. The first-order valence-electron chi connectivity index (χ1n) is 9.69. The molecule has 8 heteroatoms. The molecule has 0 saturated heterocycles. The van der Waals surface area contributed by atoms with Crippen molar-refractivity contribution in [1.82, 2.24) is 0 Å². The van der Waals surface area contributed by atoms with Crippen molar-refractivity contribution in [3.05, 3.63) is 10.4 Å². The Balaban J connectivity index is 1.77. The fourth-order valence-electron chi connectivity index (χ4n) is 5.64. The first-order valence-corrected chi connectivity index (χ1v) is 9.69. The van der Waals surface area contributed by atoms with E-state index >= 15 is 0 Å². The summed E-state index contributed by atoms with van der Waals surface area (Å²) in [6, 6.07) is 0. The van der Waals surface area contributed by atoms with Crippen LogP contribution in [0.1, 0.15) is 58.3 Å². The molecule has 1 atom stereocenters. The van der Waals surface area contributed by atoms with E-state index in [1.165, 1.54) is 26.2 Å². The summed E-state index contributed by atoms with van der Waals surface area (Å²) in [4.78, 5) is 40.3. The van der Waals surface area contributed by atoms with Crippen LogP contribution in [0.2, 0.25) is 0 Å². The number of methoxy groups -OCH3 is 1. The van der Waals surface area contributed by atoms with Crippen molar-refractivity contribution in [1.29, 1.82) is 0 Å². The number of ether oxygens (including phenoxy) is 2. The molecular weight excluding hydrogens is 350 g/mol. The summed E-state index contributed by atoms with van der Waals surface area (Å²) in [7, 11) is 1.12. The lowest BCUT2D eigenvalue weighted by Crippen LogP contribution is -2.55. The number of hydrogen-bond acceptors (Lipinski definition) is 6. The molecule has 0 radical (unpaired) electrons. The van der Waals surface area contributed by atoms with Crippen LogP contribution in [0.25, 0.3) is 10.4 Å². The van der Waals surface area contributed by atoms with E-state index in [1.54, 1.807) is 0 Å². The Morgan fingerprint density at radius 2 is 1.70 bits per heavy atom. The van der Waals surface area contributed by atoms with Crippen LogP contribution in [-0.4, -0.2) is 37.0 Å². The van der Waals surface area contributed by atoms with Crippen molar-refractivity contribution >= 4 is 17.7 Å². The van der Waals surface area contributed by atoms with Crippen LogP contribution in [0, 0.1) is 23.2 Å². The topological polar surface area (TPSA) is 118 Å².